The van der Waals surface area contributed by atoms with Gasteiger partial charge in [0.2, 0.25) is 0 Å². The van der Waals surface area contributed by atoms with E-state index in [1.165, 1.54) is 43.0 Å². The van der Waals surface area contributed by atoms with E-state index in [1.807, 2.05) is 18.8 Å². The zero-order valence-electron chi connectivity index (χ0n) is 17.9. The summed E-state index contributed by atoms with van der Waals surface area (Å²) in [5.41, 5.74) is 0. The summed E-state index contributed by atoms with van der Waals surface area (Å²) in [4.78, 5) is 10.9. The highest BCUT2D eigenvalue weighted by Gasteiger charge is 2.26. The van der Waals surface area contributed by atoms with Crippen LogP contribution in [-0.2, 0) is 4.74 Å². The van der Waals surface area contributed by atoms with Crippen molar-refractivity contribution in [2.75, 3.05) is 65.8 Å². The van der Waals surface area contributed by atoms with Crippen molar-refractivity contribution in [2.24, 2.45) is 16.8 Å². The molecule has 3 rings (SSSR count). The maximum Gasteiger partial charge on any atom is 0.193 e. The Hall–Kier alpha value is -0.510. The van der Waals surface area contributed by atoms with Crippen LogP contribution in [0.3, 0.4) is 0 Å². The molecular formula is C22H37IN4OS. The Labute approximate surface area is 198 Å². The number of methoxy groups -OCH3 is 1. The van der Waals surface area contributed by atoms with E-state index in [0.717, 1.165) is 50.6 Å². The Morgan fingerprint density at radius 2 is 1.86 bits per heavy atom. The van der Waals surface area contributed by atoms with Gasteiger partial charge in [-0.3, -0.25) is 4.99 Å². The van der Waals surface area contributed by atoms with Gasteiger partial charge in [-0.2, -0.15) is 0 Å². The van der Waals surface area contributed by atoms with Crippen LogP contribution in [0.4, 0.5) is 0 Å². The van der Waals surface area contributed by atoms with Crippen molar-refractivity contribution in [3.63, 3.8) is 0 Å². The fourth-order valence-electron chi connectivity index (χ4n) is 4.09. The molecule has 1 N–H and O–H groups in total. The first-order valence-corrected chi connectivity index (χ1v) is 11.6. The highest BCUT2D eigenvalue weighted by atomic mass is 127. The molecule has 1 atom stereocenters. The van der Waals surface area contributed by atoms with Crippen LogP contribution < -0.4 is 5.32 Å². The van der Waals surface area contributed by atoms with E-state index < -0.39 is 0 Å². The minimum absolute atomic E-state index is 0. The molecule has 2 fully saturated rings. The van der Waals surface area contributed by atoms with Crippen LogP contribution >= 0.6 is 35.7 Å². The summed E-state index contributed by atoms with van der Waals surface area (Å²) < 4.78 is 5.20. The normalized spacial score (nSPS) is 21.2. The molecule has 29 heavy (non-hydrogen) atoms. The molecule has 1 unspecified atom stereocenters. The fourth-order valence-corrected chi connectivity index (χ4v) is 5.14. The van der Waals surface area contributed by atoms with Crippen LogP contribution in [0, 0.1) is 11.8 Å². The largest absolute Gasteiger partial charge is 0.383 e. The molecule has 0 radical (unpaired) electrons. The number of hydrogen-bond donors (Lipinski definition) is 1. The third-order valence-electron chi connectivity index (χ3n) is 5.89. The Balaban J connectivity index is 0.00000300. The Morgan fingerprint density at radius 1 is 1.14 bits per heavy atom. The van der Waals surface area contributed by atoms with E-state index in [1.54, 1.807) is 7.11 Å². The number of guanidine groups is 1. The molecule has 164 valence electrons. The SMILES string of the molecule is CN=C(NCC1CCN(CCOC)CC1)N1CCC(CSc2ccccc2)C1.I. The predicted octanol–water partition coefficient (Wildman–Crippen LogP) is 3.65. The molecule has 0 bridgehead atoms. The molecule has 0 saturated carbocycles. The van der Waals surface area contributed by atoms with Crippen molar-refractivity contribution >= 4 is 41.7 Å². The lowest BCUT2D eigenvalue weighted by Gasteiger charge is -2.32. The van der Waals surface area contributed by atoms with E-state index in [-0.39, 0.29) is 24.0 Å². The van der Waals surface area contributed by atoms with Gasteiger partial charge in [0.1, 0.15) is 0 Å². The van der Waals surface area contributed by atoms with Gasteiger partial charge in [-0.25, -0.2) is 0 Å². The number of aliphatic imine (C=N–C) groups is 1. The van der Waals surface area contributed by atoms with Crippen LogP contribution in [0.2, 0.25) is 0 Å². The lowest BCUT2D eigenvalue weighted by molar-refractivity contribution is 0.120. The van der Waals surface area contributed by atoms with E-state index in [0.29, 0.717) is 0 Å². The lowest BCUT2D eigenvalue weighted by Crippen LogP contribution is -2.44. The molecule has 2 aliphatic heterocycles. The van der Waals surface area contributed by atoms with Gasteiger partial charge in [0.15, 0.2) is 5.96 Å². The minimum atomic E-state index is 0. The van der Waals surface area contributed by atoms with Gasteiger partial charge in [-0.15, -0.1) is 35.7 Å². The first-order chi connectivity index (χ1) is 13.8. The van der Waals surface area contributed by atoms with Gasteiger partial charge < -0.3 is 19.9 Å². The average Bonchev–Trinajstić information content (AvgIpc) is 3.22. The number of hydrogen-bond acceptors (Lipinski definition) is 4. The summed E-state index contributed by atoms with van der Waals surface area (Å²) in [5, 5.41) is 3.66. The molecule has 2 saturated heterocycles. The molecule has 1 aromatic carbocycles. The number of benzene rings is 1. The van der Waals surface area contributed by atoms with E-state index in [2.05, 4.69) is 50.4 Å². The lowest BCUT2D eigenvalue weighted by atomic mass is 9.97. The van der Waals surface area contributed by atoms with Crippen molar-refractivity contribution < 1.29 is 4.74 Å². The quantitative estimate of drug-likeness (QED) is 0.240. The average molecular weight is 533 g/mol. The van der Waals surface area contributed by atoms with Crippen LogP contribution in [0.5, 0.6) is 0 Å². The molecule has 2 heterocycles. The van der Waals surface area contributed by atoms with E-state index in [9.17, 15) is 0 Å². The second-order valence-electron chi connectivity index (χ2n) is 7.93. The Bertz CT molecular complexity index is 596. The van der Waals surface area contributed by atoms with Crippen molar-refractivity contribution in [3.8, 4) is 0 Å². The Kier molecular flexibility index (Phi) is 11.7. The zero-order chi connectivity index (χ0) is 19.6. The molecule has 7 heteroatoms. The minimum Gasteiger partial charge on any atom is -0.383 e. The number of nitrogens with one attached hydrogen (secondary N) is 1. The number of likely N-dealkylation sites (tertiary alicyclic amines) is 2. The summed E-state index contributed by atoms with van der Waals surface area (Å²) in [6.45, 7) is 7.57. The second kappa shape index (κ2) is 13.7. The van der Waals surface area contributed by atoms with Crippen LogP contribution in [-0.4, -0.2) is 81.5 Å². The Morgan fingerprint density at radius 3 is 2.55 bits per heavy atom. The molecule has 2 aliphatic rings. The van der Waals surface area contributed by atoms with E-state index in [4.69, 9.17) is 4.74 Å². The van der Waals surface area contributed by atoms with Gasteiger partial charge in [0.05, 0.1) is 6.61 Å². The highest BCUT2D eigenvalue weighted by Crippen LogP contribution is 2.26. The molecule has 0 aliphatic carbocycles. The topological polar surface area (TPSA) is 40.1 Å². The van der Waals surface area contributed by atoms with Crippen molar-refractivity contribution in [3.05, 3.63) is 30.3 Å². The number of nitrogens with zero attached hydrogens (tertiary/aromatic N) is 3. The number of piperidine rings is 1. The van der Waals surface area contributed by atoms with Gasteiger partial charge in [0.25, 0.3) is 0 Å². The third-order valence-corrected chi connectivity index (χ3v) is 7.14. The number of halogens is 1. The second-order valence-corrected chi connectivity index (χ2v) is 9.02. The first kappa shape index (κ1) is 24.8. The van der Waals surface area contributed by atoms with Gasteiger partial charge in [-0.05, 0) is 56.3 Å². The number of thioether (sulfide) groups is 1. The number of ether oxygens (including phenoxy) is 1. The van der Waals surface area contributed by atoms with Gasteiger partial charge in [0, 0.05) is 51.0 Å². The van der Waals surface area contributed by atoms with Crippen molar-refractivity contribution in [1.29, 1.82) is 0 Å². The molecular weight excluding hydrogens is 495 g/mol. The van der Waals surface area contributed by atoms with Crippen LogP contribution in [0.15, 0.2) is 40.2 Å². The summed E-state index contributed by atoms with van der Waals surface area (Å²) in [5.74, 6) is 3.78. The van der Waals surface area contributed by atoms with Gasteiger partial charge >= 0.3 is 0 Å². The first-order valence-electron chi connectivity index (χ1n) is 10.6. The molecule has 1 aromatic rings. The molecule has 0 aromatic heterocycles. The highest BCUT2D eigenvalue weighted by molar-refractivity contribution is 14.0. The summed E-state index contributed by atoms with van der Waals surface area (Å²) in [6, 6.07) is 10.7. The monoisotopic (exact) mass is 532 g/mol. The molecule has 0 amide bonds. The fraction of sp³-hybridized carbons (Fsp3) is 0.682. The standard InChI is InChI=1S/C22H36N4OS.HI/c1-23-22(24-16-19-8-11-25(12-9-19)14-15-27-2)26-13-10-20(17-26)18-28-21-6-4-3-5-7-21;/h3-7,19-20H,8-18H2,1-2H3,(H,23,24);1H. The maximum absolute atomic E-state index is 5.20. The summed E-state index contributed by atoms with van der Waals surface area (Å²) in [6.07, 6.45) is 3.80. The predicted molar refractivity (Wildman–Crippen MR) is 135 cm³/mol. The van der Waals surface area contributed by atoms with Crippen LogP contribution in [0.25, 0.3) is 0 Å². The summed E-state index contributed by atoms with van der Waals surface area (Å²) in [7, 11) is 3.70. The molecule has 5 nitrogen and oxygen atoms in total. The molecule has 0 spiro atoms. The van der Waals surface area contributed by atoms with Crippen LogP contribution in [0.1, 0.15) is 19.3 Å². The third kappa shape index (κ3) is 8.26. The summed E-state index contributed by atoms with van der Waals surface area (Å²) >= 11 is 1.98. The zero-order valence-corrected chi connectivity index (χ0v) is 21.0. The smallest absolute Gasteiger partial charge is 0.193 e. The van der Waals surface area contributed by atoms with Crippen molar-refractivity contribution in [2.45, 2.75) is 24.2 Å². The van der Waals surface area contributed by atoms with E-state index >= 15 is 0 Å². The maximum atomic E-state index is 5.20. The van der Waals surface area contributed by atoms with Gasteiger partial charge in [-0.1, -0.05) is 18.2 Å². The number of rotatable bonds is 8. The van der Waals surface area contributed by atoms with Crippen molar-refractivity contribution in [1.82, 2.24) is 15.1 Å².